The van der Waals surface area contributed by atoms with Crippen LogP contribution in [0.2, 0.25) is 0 Å². The van der Waals surface area contributed by atoms with Gasteiger partial charge >= 0.3 is 29.6 Å². The van der Waals surface area contributed by atoms with Crippen LogP contribution in [0.3, 0.4) is 0 Å². The largest absolute Gasteiger partial charge is 1.00 e. The predicted octanol–water partition coefficient (Wildman–Crippen LogP) is -4.09. The van der Waals surface area contributed by atoms with Crippen LogP contribution in [0, 0.1) is 11.8 Å². The van der Waals surface area contributed by atoms with Crippen LogP contribution in [0.15, 0.2) is 0 Å². The van der Waals surface area contributed by atoms with Gasteiger partial charge in [-0.2, -0.15) is 0 Å². The molecule has 0 aromatic carbocycles. The number of methoxy groups -OCH3 is 2. The summed E-state index contributed by atoms with van der Waals surface area (Å²) in [4.78, 5) is 20.1. The molecule has 7 nitrogen and oxygen atoms in total. The van der Waals surface area contributed by atoms with E-state index < -0.39 is 0 Å². The molecule has 0 rings (SSSR count). The van der Waals surface area contributed by atoms with Crippen molar-refractivity contribution in [2.45, 2.75) is 6.92 Å². The minimum absolute atomic E-state index is 0. The third kappa shape index (κ3) is 43.2. The first-order chi connectivity index (χ1) is 8.72. The number of ether oxygens (including phenoxy) is 2. The Hall–Kier alpha value is -0.425. The van der Waals surface area contributed by atoms with E-state index in [9.17, 15) is 9.59 Å². The fourth-order valence-corrected chi connectivity index (χ4v) is 0.704. The SMILES string of the molecule is CCNC(=O)CNCCOC.COCC=O.[B].[C-]#N.[Na+]. The van der Waals surface area contributed by atoms with E-state index in [4.69, 9.17) is 16.6 Å². The standard InChI is InChI=1S/C7H16N2O2.C3H6O2.CN.B.Na/c1-3-9-7(10)6-8-4-5-11-2;1-5-3-2-4;1-2;;/h8H,3-6H2,1-2H3,(H,9,10);2H,3H2,1H3;;;/q;;-1;;+1. The van der Waals surface area contributed by atoms with Gasteiger partial charge in [0.25, 0.3) is 0 Å². The molecule has 0 saturated heterocycles. The van der Waals surface area contributed by atoms with Gasteiger partial charge in [-0.25, -0.2) is 0 Å². The number of carbonyl (C=O) groups is 2. The number of aldehydes is 1. The van der Waals surface area contributed by atoms with Gasteiger partial charge in [0.05, 0.1) is 13.2 Å². The molecule has 0 spiro atoms. The normalized spacial score (nSPS) is 7.25. The molecule has 0 heterocycles. The molecule has 0 atom stereocenters. The number of nitrogens with one attached hydrogen (secondary N) is 2. The summed E-state index contributed by atoms with van der Waals surface area (Å²) in [5.41, 5.74) is 0. The Labute approximate surface area is 145 Å². The van der Waals surface area contributed by atoms with Crippen LogP contribution in [-0.2, 0) is 19.1 Å². The van der Waals surface area contributed by atoms with Crippen LogP contribution in [0.1, 0.15) is 6.92 Å². The average Bonchev–Trinajstić information content (AvgIpc) is 2.39. The molecule has 3 radical (unpaired) electrons. The van der Waals surface area contributed by atoms with Gasteiger partial charge in [-0.15, -0.1) is 0 Å². The summed E-state index contributed by atoms with van der Waals surface area (Å²) in [6.45, 7) is 9.27. The molecule has 0 aliphatic carbocycles. The van der Waals surface area contributed by atoms with Crippen molar-refractivity contribution in [2.24, 2.45) is 0 Å². The van der Waals surface area contributed by atoms with Crippen molar-refractivity contribution in [3.05, 3.63) is 6.57 Å². The first-order valence-corrected chi connectivity index (χ1v) is 5.34. The second-order valence-corrected chi connectivity index (χ2v) is 2.75. The van der Waals surface area contributed by atoms with Gasteiger partial charge in [0, 0.05) is 35.7 Å². The van der Waals surface area contributed by atoms with Gasteiger partial charge in [-0.3, -0.25) is 4.79 Å². The summed E-state index contributed by atoms with van der Waals surface area (Å²) in [5.74, 6) is 0.0311. The Kier molecular flexibility index (Phi) is 57.7. The molecule has 9 heteroatoms. The van der Waals surface area contributed by atoms with Crippen molar-refractivity contribution in [2.75, 3.05) is 47.1 Å². The van der Waals surface area contributed by atoms with E-state index in [0.29, 0.717) is 32.5 Å². The first-order valence-electron chi connectivity index (χ1n) is 5.34. The summed E-state index contributed by atoms with van der Waals surface area (Å²) in [6.07, 6.45) is 0.708. The van der Waals surface area contributed by atoms with E-state index in [1.807, 2.05) is 6.92 Å². The van der Waals surface area contributed by atoms with Crippen molar-refractivity contribution < 1.29 is 48.6 Å². The molecule has 2 N–H and O–H groups in total. The van der Waals surface area contributed by atoms with Crippen LogP contribution < -0.4 is 40.2 Å². The van der Waals surface area contributed by atoms with Gasteiger partial charge in [-0.05, 0) is 6.92 Å². The van der Waals surface area contributed by atoms with Gasteiger partial charge in [-0.1, -0.05) is 0 Å². The van der Waals surface area contributed by atoms with E-state index >= 15 is 0 Å². The van der Waals surface area contributed by atoms with Crippen molar-refractivity contribution >= 4 is 20.6 Å². The molecule has 0 bridgehead atoms. The van der Waals surface area contributed by atoms with E-state index in [0.717, 1.165) is 0 Å². The van der Waals surface area contributed by atoms with Crippen LogP contribution in [0.4, 0.5) is 0 Å². The molecule has 1 amide bonds. The first kappa shape index (κ1) is 31.8. The van der Waals surface area contributed by atoms with Crippen LogP contribution in [-0.4, -0.2) is 67.7 Å². The van der Waals surface area contributed by atoms with Gasteiger partial charge in [0.2, 0.25) is 5.91 Å². The third-order valence-electron chi connectivity index (χ3n) is 1.38. The molecule has 0 aromatic rings. The van der Waals surface area contributed by atoms with Crippen LogP contribution in [0.5, 0.6) is 0 Å². The topological polar surface area (TPSA) is 100 Å². The third-order valence-corrected chi connectivity index (χ3v) is 1.38. The number of likely N-dealkylation sites (N-methyl/N-ethyl adjacent to an activating group) is 1. The summed E-state index contributed by atoms with van der Waals surface area (Å²) in [5, 5.41) is 11.9. The van der Waals surface area contributed by atoms with E-state index in [1.54, 1.807) is 7.11 Å². The molecule has 0 aliphatic heterocycles. The van der Waals surface area contributed by atoms with Gasteiger partial charge in [0.1, 0.15) is 12.9 Å². The van der Waals surface area contributed by atoms with E-state index in [-0.39, 0.29) is 50.5 Å². The summed E-state index contributed by atoms with van der Waals surface area (Å²) < 4.78 is 9.11. The Bertz CT molecular complexity index is 209. The van der Waals surface area contributed by atoms with Crippen molar-refractivity contribution in [1.29, 1.82) is 5.26 Å². The van der Waals surface area contributed by atoms with E-state index in [1.165, 1.54) is 7.11 Å². The summed E-state index contributed by atoms with van der Waals surface area (Å²) in [7, 11) is 3.11. The predicted molar refractivity (Wildman–Crippen MR) is 72.1 cm³/mol. The molecule has 0 saturated carbocycles. The second kappa shape index (κ2) is 36.3. The van der Waals surface area contributed by atoms with Crippen molar-refractivity contribution in [1.82, 2.24) is 10.6 Å². The zero-order valence-electron chi connectivity index (χ0n) is 12.8. The molecule has 0 aromatic heterocycles. The Morgan fingerprint density at radius 3 is 2.15 bits per heavy atom. The molecular formula is C11H22BN3NaO4. The average molecular weight is 294 g/mol. The minimum Gasteiger partial charge on any atom is -0.512 e. The number of amides is 1. The molecule has 109 valence electrons. The van der Waals surface area contributed by atoms with Crippen LogP contribution >= 0.6 is 0 Å². The van der Waals surface area contributed by atoms with Crippen molar-refractivity contribution in [3.63, 3.8) is 0 Å². The summed E-state index contributed by atoms with van der Waals surface area (Å²) in [6, 6.07) is 0. The maximum Gasteiger partial charge on any atom is 1.00 e. The summed E-state index contributed by atoms with van der Waals surface area (Å²) >= 11 is 0. The fraction of sp³-hybridized carbons (Fsp3) is 0.727. The minimum atomic E-state index is 0. The number of nitrogens with zero attached hydrogens (tertiary/aromatic N) is 1. The van der Waals surface area contributed by atoms with Gasteiger partial charge in [0.15, 0.2) is 0 Å². The maximum atomic E-state index is 10.8. The molecule has 20 heavy (non-hydrogen) atoms. The zero-order valence-corrected chi connectivity index (χ0v) is 14.8. The van der Waals surface area contributed by atoms with Gasteiger partial charge < -0.3 is 36.7 Å². The molecule has 0 fully saturated rings. The van der Waals surface area contributed by atoms with E-state index in [2.05, 4.69) is 15.4 Å². The van der Waals surface area contributed by atoms with Crippen molar-refractivity contribution in [3.8, 4) is 0 Å². The Morgan fingerprint density at radius 2 is 1.85 bits per heavy atom. The fourth-order valence-electron chi connectivity index (χ4n) is 0.704. The smallest absolute Gasteiger partial charge is 0.512 e. The molecule has 0 aliphatic rings. The van der Waals surface area contributed by atoms with Crippen LogP contribution in [0.25, 0.3) is 0 Å². The Balaban J connectivity index is -0.0000000717. The molecular weight excluding hydrogens is 272 g/mol. The second-order valence-electron chi connectivity index (χ2n) is 2.75. The maximum absolute atomic E-state index is 10.8. The number of rotatable bonds is 8. The number of hydrogen-bond donors (Lipinski definition) is 2. The number of carbonyl (C=O) groups excluding carboxylic acids is 2. The molecule has 0 unspecified atom stereocenters. The zero-order chi connectivity index (χ0) is 14.6. The number of hydrogen-bond acceptors (Lipinski definition) is 6. The Morgan fingerprint density at radius 1 is 1.30 bits per heavy atom. The quantitative estimate of drug-likeness (QED) is 0.204. The monoisotopic (exact) mass is 294 g/mol.